The highest BCUT2D eigenvalue weighted by Crippen LogP contribution is 2.19. The minimum absolute atomic E-state index is 0.0783. The maximum atomic E-state index is 12.3. The van der Waals surface area contributed by atoms with Crippen molar-refractivity contribution >= 4 is 38.6 Å². The molecule has 1 aromatic heterocycles. The summed E-state index contributed by atoms with van der Waals surface area (Å²) < 4.78 is 25.7. The molecule has 0 bridgehead atoms. The number of hydrogen-bond acceptors (Lipinski definition) is 6. The maximum Gasteiger partial charge on any atom is 0.260 e. The molecule has 11 heteroatoms. The summed E-state index contributed by atoms with van der Waals surface area (Å²) in [5.41, 5.74) is 1.85. The third-order valence-corrected chi connectivity index (χ3v) is 6.20. The largest absolute Gasteiger partial charge is 0.385 e. The Hall–Kier alpha value is -2.69. The summed E-state index contributed by atoms with van der Waals surface area (Å²) in [6, 6.07) is 11.8. The Balaban J connectivity index is 1.59. The van der Waals surface area contributed by atoms with E-state index in [0.29, 0.717) is 29.0 Å². The number of amides is 1. The van der Waals surface area contributed by atoms with Crippen LogP contribution in [0.2, 0.25) is 5.02 Å². The number of hydrogen-bond donors (Lipinski definition) is 1. The molecule has 0 saturated heterocycles. The Morgan fingerprint density at radius 2 is 1.93 bits per heavy atom. The van der Waals surface area contributed by atoms with Crippen molar-refractivity contribution in [2.24, 2.45) is 0 Å². The van der Waals surface area contributed by atoms with E-state index in [-0.39, 0.29) is 17.4 Å². The third-order valence-electron chi connectivity index (χ3n) is 4.13. The quantitative estimate of drug-likeness (QED) is 0.566. The van der Waals surface area contributed by atoms with E-state index in [4.69, 9.17) is 16.4 Å². The molecular weight excluding hydrogens is 418 g/mol. The number of benzene rings is 2. The summed E-state index contributed by atoms with van der Waals surface area (Å²) >= 11 is 5.84. The first-order chi connectivity index (χ1) is 13.8. The summed E-state index contributed by atoms with van der Waals surface area (Å²) in [7, 11) is -0.725. The number of carbonyl (C=O) groups excluding carboxylic acids is 1. The Bertz CT molecular complexity index is 1110. The van der Waals surface area contributed by atoms with E-state index < -0.39 is 10.0 Å². The predicted molar refractivity (Wildman–Crippen MR) is 108 cm³/mol. The van der Waals surface area contributed by atoms with Crippen LogP contribution in [0.3, 0.4) is 0 Å². The monoisotopic (exact) mass is 437 g/mol. The van der Waals surface area contributed by atoms with Crippen LogP contribution in [0.1, 0.15) is 5.56 Å². The molecule has 0 radical (unpaired) electrons. The number of sulfonamides is 1. The molecule has 9 nitrogen and oxygen atoms in total. The summed E-state index contributed by atoms with van der Waals surface area (Å²) in [5.74, 6) is -0.334. The highest BCUT2D eigenvalue weighted by molar-refractivity contribution is 7.89. The fourth-order valence-electron chi connectivity index (χ4n) is 2.51. The second kappa shape index (κ2) is 8.76. The standard InChI is InChI=1S/C18H20ClN5O4S/c1-23(2)29(26,27)15-7-8-16-17(11-15)24(22-21-16)28-12-18(25)20-10-9-13-3-5-14(19)6-4-13/h3-8,11H,9-10,12H2,1-2H3,(H,20,25). The van der Waals surface area contributed by atoms with Crippen molar-refractivity contribution in [3.63, 3.8) is 0 Å². The topological polar surface area (TPSA) is 106 Å². The van der Waals surface area contributed by atoms with Gasteiger partial charge in [0.05, 0.1) is 4.90 Å². The van der Waals surface area contributed by atoms with Crippen LogP contribution >= 0.6 is 11.6 Å². The molecule has 0 fully saturated rings. The van der Waals surface area contributed by atoms with E-state index in [9.17, 15) is 13.2 Å². The van der Waals surface area contributed by atoms with Crippen LogP contribution in [0.15, 0.2) is 47.4 Å². The van der Waals surface area contributed by atoms with Gasteiger partial charge in [0.25, 0.3) is 5.91 Å². The second-order valence-electron chi connectivity index (χ2n) is 6.40. The molecule has 3 rings (SSSR count). The fraction of sp³-hybridized carbons (Fsp3) is 0.278. The first-order valence-electron chi connectivity index (χ1n) is 8.70. The highest BCUT2D eigenvalue weighted by atomic mass is 35.5. The van der Waals surface area contributed by atoms with Gasteiger partial charge in [0.1, 0.15) is 11.0 Å². The van der Waals surface area contributed by atoms with E-state index in [1.165, 1.54) is 32.3 Å². The highest BCUT2D eigenvalue weighted by Gasteiger charge is 2.19. The lowest BCUT2D eigenvalue weighted by atomic mass is 10.1. The summed E-state index contributed by atoms with van der Waals surface area (Å²) in [5, 5.41) is 11.1. The molecule has 0 atom stereocenters. The molecule has 1 heterocycles. The summed E-state index contributed by atoms with van der Waals surface area (Å²) in [6.07, 6.45) is 0.654. The minimum Gasteiger partial charge on any atom is -0.385 e. The molecule has 0 saturated carbocycles. The van der Waals surface area contributed by atoms with Crippen LogP contribution < -0.4 is 10.2 Å². The fourth-order valence-corrected chi connectivity index (χ4v) is 3.56. The molecule has 0 aliphatic rings. The zero-order valence-corrected chi connectivity index (χ0v) is 17.4. The Morgan fingerprint density at radius 3 is 2.62 bits per heavy atom. The molecule has 1 N–H and O–H groups in total. The van der Waals surface area contributed by atoms with E-state index in [0.717, 1.165) is 14.7 Å². The normalized spacial score (nSPS) is 11.7. The molecule has 154 valence electrons. The van der Waals surface area contributed by atoms with Crippen molar-refractivity contribution in [3.05, 3.63) is 53.1 Å². The SMILES string of the molecule is CN(C)S(=O)(=O)c1ccc2nnn(OCC(=O)NCCc3ccc(Cl)cc3)c2c1. The van der Waals surface area contributed by atoms with Gasteiger partial charge in [0.15, 0.2) is 6.61 Å². The Kier molecular flexibility index (Phi) is 6.36. The first kappa shape index (κ1) is 21.0. The average molecular weight is 438 g/mol. The molecule has 2 aromatic carbocycles. The molecule has 0 aliphatic heterocycles. The second-order valence-corrected chi connectivity index (χ2v) is 8.99. The van der Waals surface area contributed by atoms with Crippen LogP contribution in [0, 0.1) is 0 Å². The van der Waals surface area contributed by atoms with E-state index in [1.807, 2.05) is 12.1 Å². The molecule has 29 heavy (non-hydrogen) atoms. The zero-order chi connectivity index (χ0) is 21.0. The van der Waals surface area contributed by atoms with Crippen LogP contribution in [-0.2, 0) is 21.2 Å². The van der Waals surface area contributed by atoms with Crippen LogP contribution in [0.4, 0.5) is 0 Å². The zero-order valence-electron chi connectivity index (χ0n) is 15.9. The number of fused-ring (bicyclic) bond motifs is 1. The van der Waals surface area contributed by atoms with Gasteiger partial charge in [-0.2, -0.15) is 0 Å². The van der Waals surface area contributed by atoms with Gasteiger partial charge in [-0.15, -0.1) is 5.10 Å². The molecule has 3 aromatic rings. The molecular formula is C18H20ClN5O4S. The molecule has 1 amide bonds. The van der Waals surface area contributed by atoms with E-state index >= 15 is 0 Å². The van der Waals surface area contributed by atoms with Crippen molar-refractivity contribution in [1.82, 2.24) is 24.8 Å². The minimum atomic E-state index is -3.61. The van der Waals surface area contributed by atoms with Crippen molar-refractivity contribution in [1.29, 1.82) is 0 Å². The lowest BCUT2D eigenvalue weighted by Crippen LogP contribution is -2.33. The van der Waals surface area contributed by atoms with Crippen molar-refractivity contribution < 1.29 is 18.0 Å². The van der Waals surface area contributed by atoms with Gasteiger partial charge in [0.2, 0.25) is 10.0 Å². The smallest absolute Gasteiger partial charge is 0.260 e. The van der Waals surface area contributed by atoms with E-state index in [1.54, 1.807) is 12.1 Å². The number of halogens is 1. The van der Waals surface area contributed by atoms with Crippen molar-refractivity contribution in [3.8, 4) is 0 Å². The average Bonchev–Trinajstić information content (AvgIpc) is 3.10. The van der Waals surface area contributed by atoms with Gasteiger partial charge < -0.3 is 10.2 Å². The van der Waals surface area contributed by atoms with Crippen molar-refractivity contribution in [2.45, 2.75) is 11.3 Å². The molecule has 0 aliphatic carbocycles. The Labute approximate surface area is 173 Å². The molecule has 0 unspecified atom stereocenters. The van der Waals surface area contributed by atoms with Gasteiger partial charge >= 0.3 is 0 Å². The van der Waals surface area contributed by atoms with Gasteiger partial charge in [-0.3, -0.25) is 4.79 Å². The Morgan fingerprint density at radius 1 is 1.21 bits per heavy atom. The number of aromatic nitrogens is 3. The summed E-state index contributed by atoms with van der Waals surface area (Å²) in [4.78, 5) is 18.5. The van der Waals surface area contributed by atoms with Crippen LogP contribution in [0.5, 0.6) is 0 Å². The van der Waals surface area contributed by atoms with Gasteiger partial charge in [-0.1, -0.05) is 28.6 Å². The van der Waals surface area contributed by atoms with E-state index in [2.05, 4.69) is 15.6 Å². The van der Waals surface area contributed by atoms with Crippen LogP contribution in [-0.4, -0.2) is 61.0 Å². The van der Waals surface area contributed by atoms with Crippen molar-refractivity contribution in [2.75, 3.05) is 27.2 Å². The van der Waals surface area contributed by atoms with Crippen LogP contribution in [0.25, 0.3) is 11.0 Å². The third kappa shape index (κ3) is 5.03. The summed E-state index contributed by atoms with van der Waals surface area (Å²) in [6.45, 7) is 0.150. The number of rotatable bonds is 8. The first-order valence-corrected chi connectivity index (χ1v) is 10.5. The van der Waals surface area contributed by atoms with Gasteiger partial charge in [0, 0.05) is 25.7 Å². The van der Waals surface area contributed by atoms with Gasteiger partial charge in [-0.05, 0) is 47.5 Å². The maximum absolute atomic E-state index is 12.3. The number of nitrogens with one attached hydrogen (secondary N) is 1. The number of carbonyl (C=O) groups is 1. The van der Waals surface area contributed by atoms with Gasteiger partial charge in [-0.25, -0.2) is 12.7 Å². The number of nitrogens with zero attached hydrogens (tertiary/aromatic N) is 4. The lowest BCUT2D eigenvalue weighted by molar-refractivity contribution is -0.126. The lowest BCUT2D eigenvalue weighted by Gasteiger charge is -2.11. The molecule has 0 spiro atoms. The predicted octanol–water partition coefficient (Wildman–Crippen LogP) is 1.12.